The molecule has 1 saturated carbocycles. The van der Waals surface area contributed by atoms with Crippen molar-refractivity contribution in [3.8, 4) is 0 Å². The van der Waals surface area contributed by atoms with Gasteiger partial charge >= 0.3 is 5.97 Å². The molecule has 0 N–H and O–H groups in total. The van der Waals surface area contributed by atoms with Crippen LogP contribution in [0.2, 0.25) is 0 Å². The smallest absolute Gasteiger partial charge is 0.338 e. The number of nitro groups is 1. The highest BCUT2D eigenvalue weighted by atomic mass is 16.6. The molecule has 1 fully saturated rings. The summed E-state index contributed by atoms with van der Waals surface area (Å²) in [6.45, 7) is 1.93. The molecular formula is C13H15NO4. The van der Waals surface area contributed by atoms with E-state index in [2.05, 4.69) is 0 Å². The topological polar surface area (TPSA) is 69.4 Å². The van der Waals surface area contributed by atoms with E-state index in [-0.39, 0.29) is 11.3 Å². The number of hydrogen-bond acceptors (Lipinski definition) is 4. The van der Waals surface area contributed by atoms with E-state index in [1.165, 1.54) is 24.3 Å². The van der Waals surface area contributed by atoms with Gasteiger partial charge in [0.2, 0.25) is 0 Å². The minimum Gasteiger partial charge on any atom is -0.456 e. The fraction of sp³-hybridized carbons (Fsp3) is 0.462. The predicted octanol–water partition coefficient (Wildman–Crippen LogP) is 3.08. The summed E-state index contributed by atoms with van der Waals surface area (Å²) in [6, 6.07) is 5.48. The molecule has 0 radical (unpaired) electrons. The Kier molecular flexibility index (Phi) is 3.32. The molecule has 5 heteroatoms. The van der Waals surface area contributed by atoms with Gasteiger partial charge in [0.05, 0.1) is 10.5 Å². The summed E-state index contributed by atoms with van der Waals surface area (Å²) in [7, 11) is 0. The lowest BCUT2D eigenvalue weighted by Crippen LogP contribution is -2.28. The normalized spacial score (nSPS) is 17.4. The number of carbonyl (C=O) groups excluding carboxylic acids is 1. The fourth-order valence-electron chi connectivity index (χ4n) is 2.23. The number of rotatable bonds is 3. The molecule has 0 bridgehead atoms. The first-order valence-electron chi connectivity index (χ1n) is 5.98. The van der Waals surface area contributed by atoms with Crippen LogP contribution < -0.4 is 0 Å². The van der Waals surface area contributed by atoms with Gasteiger partial charge in [0, 0.05) is 12.1 Å². The number of hydrogen-bond donors (Lipinski definition) is 0. The molecule has 0 unspecified atom stereocenters. The van der Waals surface area contributed by atoms with E-state index < -0.39 is 10.9 Å². The van der Waals surface area contributed by atoms with Crippen LogP contribution in [0.1, 0.15) is 43.0 Å². The Bertz CT molecular complexity index is 460. The van der Waals surface area contributed by atoms with Gasteiger partial charge in [-0.3, -0.25) is 10.1 Å². The Morgan fingerprint density at radius 1 is 1.28 bits per heavy atom. The summed E-state index contributed by atoms with van der Waals surface area (Å²) >= 11 is 0. The zero-order valence-electron chi connectivity index (χ0n) is 10.2. The van der Waals surface area contributed by atoms with Gasteiger partial charge in [-0.25, -0.2) is 4.79 Å². The average molecular weight is 249 g/mol. The molecule has 1 aliphatic carbocycles. The van der Waals surface area contributed by atoms with Crippen molar-refractivity contribution in [2.75, 3.05) is 0 Å². The highest BCUT2D eigenvalue weighted by Gasteiger charge is 2.32. The molecule has 0 atom stereocenters. The lowest BCUT2D eigenvalue weighted by molar-refractivity contribution is -0.384. The van der Waals surface area contributed by atoms with E-state index in [0.29, 0.717) is 5.56 Å². The fourth-order valence-corrected chi connectivity index (χ4v) is 2.23. The lowest BCUT2D eigenvalue weighted by atomic mass is 10.1. The van der Waals surface area contributed by atoms with Crippen LogP contribution in [0.3, 0.4) is 0 Å². The third-order valence-electron chi connectivity index (χ3n) is 3.31. The molecule has 5 nitrogen and oxygen atoms in total. The highest BCUT2D eigenvalue weighted by molar-refractivity contribution is 5.89. The van der Waals surface area contributed by atoms with Gasteiger partial charge in [0.25, 0.3) is 5.69 Å². The minimum atomic E-state index is -0.493. The maximum atomic E-state index is 11.9. The molecule has 0 aromatic heterocycles. The first kappa shape index (κ1) is 12.5. The van der Waals surface area contributed by atoms with Crippen LogP contribution >= 0.6 is 0 Å². The Hall–Kier alpha value is -1.91. The SMILES string of the molecule is CC1(OC(=O)c2ccc([N+](=O)[O-])cc2)CCCC1. The van der Waals surface area contributed by atoms with Crippen LogP contribution in [-0.4, -0.2) is 16.5 Å². The van der Waals surface area contributed by atoms with Crippen molar-refractivity contribution in [1.29, 1.82) is 0 Å². The Morgan fingerprint density at radius 2 is 1.83 bits per heavy atom. The second-order valence-corrected chi connectivity index (χ2v) is 4.85. The lowest BCUT2D eigenvalue weighted by Gasteiger charge is -2.23. The molecule has 0 amide bonds. The van der Waals surface area contributed by atoms with Gasteiger partial charge < -0.3 is 4.74 Å². The molecule has 0 spiro atoms. The molecule has 1 aliphatic rings. The van der Waals surface area contributed by atoms with Crippen molar-refractivity contribution in [2.45, 2.75) is 38.2 Å². The summed E-state index contributed by atoms with van der Waals surface area (Å²) in [4.78, 5) is 21.9. The highest BCUT2D eigenvalue weighted by Crippen LogP contribution is 2.33. The average Bonchev–Trinajstić information content (AvgIpc) is 2.76. The summed E-state index contributed by atoms with van der Waals surface area (Å²) in [5, 5.41) is 10.5. The first-order chi connectivity index (χ1) is 8.50. The maximum absolute atomic E-state index is 11.9. The number of benzene rings is 1. The Balaban J connectivity index is 2.07. The van der Waals surface area contributed by atoms with Crippen molar-refractivity contribution in [3.63, 3.8) is 0 Å². The third kappa shape index (κ3) is 2.67. The van der Waals surface area contributed by atoms with Crippen LogP contribution in [0.25, 0.3) is 0 Å². The summed E-state index contributed by atoms with van der Waals surface area (Å²) in [5.41, 5.74) is -0.0499. The van der Waals surface area contributed by atoms with Crippen molar-refractivity contribution >= 4 is 11.7 Å². The van der Waals surface area contributed by atoms with Crippen LogP contribution in [0, 0.1) is 10.1 Å². The summed E-state index contributed by atoms with van der Waals surface area (Å²) in [5.74, 6) is -0.408. The molecule has 18 heavy (non-hydrogen) atoms. The quantitative estimate of drug-likeness (QED) is 0.469. The van der Waals surface area contributed by atoms with Gasteiger partial charge in [-0.2, -0.15) is 0 Å². The maximum Gasteiger partial charge on any atom is 0.338 e. The number of carbonyl (C=O) groups is 1. The van der Waals surface area contributed by atoms with E-state index in [4.69, 9.17) is 4.74 Å². The molecule has 0 saturated heterocycles. The van der Waals surface area contributed by atoms with Crippen LogP contribution in [0.4, 0.5) is 5.69 Å². The molecule has 0 heterocycles. The number of esters is 1. The second kappa shape index (κ2) is 4.76. The minimum absolute atomic E-state index is 0.0290. The molecular weight excluding hydrogens is 234 g/mol. The number of nitro benzene ring substituents is 1. The van der Waals surface area contributed by atoms with Crippen LogP contribution in [0.5, 0.6) is 0 Å². The molecule has 1 aromatic carbocycles. The third-order valence-corrected chi connectivity index (χ3v) is 3.31. The predicted molar refractivity (Wildman–Crippen MR) is 65.4 cm³/mol. The zero-order valence-corrected chi connectivity index (χ0v) is 10.2. The van der Waals surface area contributed by atoms with Gasteiger partial charge in [0.15, 0.2) is 0 Å². The van der Waals surface area contributed by atoms with Gasteiger partial charge in [-0.05, 0) is 44.7 Å². The molecule has 96 valence electrons. The number of ether oxygens (including phenoxy) is 1. The van der Waals surface area contributed by atoms with E-state index in [0.717, 1.165) is 25.7 Å². The van der Waals surface area contributed by atoms with E-state index >= 15 is 0 Å². The number of non-ortho nitro benzene ring substituents is 1. The van der Waals surface area contributed by atoms with Crippen molar-refractivity contribution in [1.82, 2.24) is 0 Å². The largest absolute Gasteiger partial charge is 0.456 e. The van der Waals surface area contributed by atoms with Crippen LogP contribution in [0.15, 0.2) is 24.3 Å². The number of nitrogens with zero attached hydrogens (tertiary/aromatic N) is 1. The molecule has 0 aliphatic heterocycles. The monoisotopic (exact) mass is 249 g/mol. The Morgan fingerprint density at radius 3 is 2.33 bits per heavy atom. The van der Waals surface area contributed by atoms with Crippen LogP contribution in [-0.2, 0) is 4.74 Å². The summed E-state index contributed by atoms with van der Waals surface area (Å²) in [6.07, 6.45) is 3.91. The van der Waals surface area contributed by atoms with Crippen molar-refractivity contribution in [2.24, 2.45) is 0 Å². The van der Waals surface area contributed by atoms with Gasteiger partial charge in [0.1, 0.15) is 5.60 Å². The van der Waals surface area contributed by atoms with Crippen molar-refractivity contribution < 1.29 is 14.5 Å². The zero-order chi connectivity index (χ0) is 13.2. The first-order valence-corrected chi connectivity index (χ1v) is 5.98. The van der Waals surface area contributed by atoms with Gasteiger partial charge in [-0.1, -0.05) is 0 Å². The summed E-state index contributed by atoms with van der Waals surface area (Å²) < 4.78 is 5.48. The van der Waals surface area contributed by atoms with E-state index in [9.17, 15) is 14.9 Å². The second-order valence-electron chi connectivity index (χ2n) is 4.85. The molecule has 2 rings (SSSR count). The van der Waals surface area contributed by atoms with E-state index in [1.807, 2.05) is 6.92 Å². The standard InChI is InChI=1S/C13H15NO4/c1-13(8-2-3-9-13)18-12(15)10-4-6-11(7-5-10)14(16)17/h4-7H,2-3,8-9H2,1H3. The molecule has 1 aromatic rings. The Labute approximate surface area is 105 Å². The van der Waals surface area contributed by atoms with Gasteiger partial charge in [-0.15, -0.1) is 0 Å². The van der Waals surface area contributed by atoms with E-state index in [1.54, 1.807) is 0 Å². The van der Waals surface area contributed by atoms with Crippen molar-refractivity contribution in [3.05, 3.63) is 39.9 Å².